The maximum atomic E-state index is 13.9. The van der Waals surface area contributed by atoms with E-state index in [1.54, 1.807) is 12.1 Å². The maximum absolute atomic E-state index is 13.9. The van der Waals surface area contributed by atoms with Crippen LogP contribution >= 0.6 is 0 Å². The molecule has 5 heteroatoms. The second-order valence-electron chi connectivity index (χ2n) is 7.34. The quantitative estimate of drug-likeness (QED) is 0.272. The van der Waals surface area contributed by atoms with Gasteiger partial charge in [0.05, 0.1) is 5.69 Å². The van der Waals surface area contributed by atoms with Gasteiger partial charge < -0.3 is 16.0 Å². The van der Waals surface area contributed by atoms with E-state index in [0.29, 0.717) is 11.3 Å². The molecule has 4 nitrogen and oxygen atoms in total. The van der Waals surface area contributed by atoms with E-state index in [4.69, 9.17) is 11.1 Å². The van der Waals surface area contributed by atoms with Gasteiger partial charge >= 0.3 is 0 Å². The van der Waals surface area contributed by atoms with Gasteiger partial charge in [0.1, 0.15) is 11.7 Å². The fourth-order valence-corrected chi connectivity index (χ4v) is 3.31. The van der Waals surface area contributed by atoms with Crippen LogP contribution in [0.4, 0.5) is 15.8 Å². The first-order chi connectivity index (χ1) is 13.8. The van der Waals surface area contributed by atoms with Crippen LogP contribution in [-0.4, -0.2) is 19.4 Å². The minimum Gasteiger partial charge on any atom is -0.384 e. The molecule has 2 aromatic carbocycles. The highest BCUT2D eigenvalue weighted by Gasteiger charge is 2.18. The number of nitrogens with one attached hydrogen (secondary N) is 2. The van der Waals surface area contributed by atoms with E-state index in [1.807, 2.05) is 48.4 Å². The van der Waals surface area contributed by atoms with Crippen LogP contribution in [0.25, 0.3) is 0 Å². The molecule has 2 rings (SSSR count). The number of nitrogens with two attached hydrogens (primary N) is 1. The first-order valence-corrected chi connectivity index (χ1v) is 9.82. The Morgan fingerprint density at radius 1 is 1.24 bits per heavy atom. The molecule has 0 fully saturated rings. The predicted octanol–water partition coefficient (Wildman–Crippen LogP) is 5.39. The van der Waals surface area contributed by atoms with Crippen LogP contribution in [0.5, 0.6) is 0 Å². The molecule has 2 atom stereocenters. The molecule has 2 aromatic rings. The number of nitrogen functional groups attached to an aromatic ring is 1. The lowest BCUT2D eigenvalue weighted by atomic mass is 9.87. The predicted molar refractivity (Wildman–Crippen MR) is 122 cm³/mol. The maximum Gasteiger partial charge on any atom is 0.146 e. The largest absolute Gasteiger partial charge is 0.384 e. The number of hydrogen-bond donors (Lipinski definition) is 3. The van der Waals surface area contributed by atoms with E-state index in [2.05, 4.69) is 25.4 Å². The van der Waals surface area contributed by atoms with Crippen LogP contribution in [0.15, 0.2) is 73.5 Å². The highest BCUT2D eigenvalue weighted by molar-refractivity contribution is 5.95. The molecule has 29 heavy (non-hydrogen) atoms. The smallest absolute Gasteiger partial charge is 0.146 e. The highest BCUT2D eigenvalue weighted by atomic mass is 19.1. The van der Waals surface area contributed by atoms with Crippen LogP contribution in [0, 0.1) is 23.1 Å². The fourth-order valence-electron chi connectivity index (χ4n) is 3.31. The summed E-state index contributed by atoms with van der Waals surface area (Å²) in [5.41, 5.74) is 8.63. The Kier molecular flexibility index (Phi) is 8.01. The average Bonchev–Trinajstić information content (AvgIpc) is 2.71. The van der Waals surface area contributed by atoms with Crippen LogP contribution in [-0.2, 0) is 0 Å². The Hall–Kier alpha value is -3.08. The van der Waals surface area contributed by atoms with E-state index in [0.717, 1.165) is 30.8 Å². The standard InChI is InChI=1S/C24H31FN4/c1-5-19(9-8-16-29(4)23-11-7-6-10-22(23)25)17(2)18(3)28-21-14-12-20(13-15-21)24(26)27/h5-7,10-15,17,19,28H,1,3,8-9,16H2,2,4H3,(H3,26,27). The second kappa shape index (κ2) is 10.5. The Balaban J connectivity index is 1.88. The number of nitrogens with zero attached hydrogens (tertiary/aromatic N) is 1. The number of benzene rings is 2. The van der Waals surface area contributed by atoms with Crippen LogP contribution < -0.4 is 16.0 Å². The molecule has 0 aliphatic rings. The molecule has 154 valence electrons. The molecule has 0 aliphatic heterocycles. The molecule has 0 radical (unpaired) electrons. The summed E-state index contributed by atoms with van der Waals surface area (Å²) in [5.74, 6) is 0.312. The fraction of sp³-hybridized carbons (Fsp3) is 0.292. The summed E-state index contributed by atoms with van der Waals surface area (Å²) in [4.78, 5) is 1.95. The number of rotatable bonds is 11. The van der Waals surface area contributed by atoms with Gasteiger partial charge in [-0.1, -0.05) is 31.7 Å². The van der Waals surface area contributed by atoms with Gasteiger partial charge in [0.2, 0.25) is 0 Å². The third-order valence-electron chi connectivity index (χ3n) is 5.29. The van der Waals surface area contributed by atoms with Crippen LogP contribution in [0.1, 0.15) is 25.3 Å². The van der Waals surface area contributed by atoms with E-state index in [-0.39, 0.29) is 23.5 Å². The minimum absolute atomic E-state index is 0.0517. The molecule has 2 unspecified atom stereocenters. The number of amidine groups is 1. The normalized spacial score (nSPS) is 12.7. The van der Waals surface area contributed by atoms with Crippen molar-refractivity contribution in [3.8, 4) is 0 Å². The molecule has 0 saturated heterocycles. The summed E-state index contributed by atoms with van der Waals surface area (Å²) in [6.07, 6.45) is 3.83. The van der Waals surface area contributed by atoms with Gasteiger partial charge in [-0.3, -0.25) is 5.41 Å². The van der Waals surface area contributed by atoms with Crippen molar-refractivity contribution in [3.63, 3.8) is 0 Å². The number of halogens is 1. The average molecular weight is 395 g/mol. The first-order valence-electron chi connectivity index (χ1n) is 9.82. The Morgan fingerprint density at radius 2 is 1.90 bits per heavy atom. The third-order valence-corrected chi connectivity index (χ3v) is 5.29. The topological polar surface area (TPSA) is 65.1 Å². The number of para-hydroxylation sites is 1. The molecular formula is C24H31FN4. The van der Waals surface area contributed by atoms with E-state index < -0.39 is 0 Å². The molecule has 0 heterocycles. The zero-order valence-corrected chi connectivity index (χ0v) is 17.3. The molecular weight excluding hydrogens is 363 g/mol. The lowest BCUT2D eigenvalue weighted by Gasteiger charge is -2.26. The van der Waals surface area contributed by atoms with Crippen molar-refractivity contribution in [3.05, 3.63) is 84.8 Å². The molecule has 0 amide bonds. The van der Waals surface area contributed by atoms with Crippen molar-refractivity contribution in [2.24, 2.45) is 17.6 Å². The van der Waals surface area contributed by atoms with Gasteiger partial charge in [-0.15, -0.1) is 6.58 Å². The molecule has 0 saturated carbocycles. The molecule has 0 aliphatic carbocycles. The number of allylic oxidation sites excluding steroid dienone is 2. The van der Waals surface area contributed by atoms with Crippen molar-refractivity contribution >= 4 is 17.2 Å². The first kappa shape index (κ1) is 22.2. The lowest BCUT2D eigenvalue weighted by molar-refractivity contribution is 0.447. The van der Waals surface area contributed by atoms with Crippen molar-refractivity contribution < 1.29 is 4.39 Å². The summed E-state index contributed by atoms with van der Waals surface area (Å²) < 4.78 is 13.9. The SMILES string of the molecule is C=CC(CCCN(C)c1ccccc1F)C(C)C(=C)Nc1ccc(C(=N)N)cc1. The summed E-state index contributed by atoms with van der Waals surface area (Å²) in [7, 11) is 1.91. The van der Waals surface area contributed by atoms with E-state index in [1.165, 1.54) is 6.07 Å². The zero-order chi connectivity index (χ0) is 21.4. The Bertz CT molecular complexity index is 844. The molecule has 0 aromatic heterocycles. The molecule has 0 bridgehead atoms. The Labute approximate surface area is 173 Å². The van der Waals surface area contributed by atoms with Gasteiger partial charge in [0.25, 0.3) is 0 Å². The monoisotopic (exact) mass is 394 g/mol. The van der Waals surface area contributed by atoms with Crippen LogP contribution in [0.2, 0.25) is 0 Å². The van der Waals surface area contributed by atoms with Gasteiger partial charge in [0.15, 0.2) is 0 Å². The summed E-state index contributed by atoms with van der Waals surface area (Å²) >= 11 is 0. The van der Waals surface area contributed by atoms with Crippen molar-refractivity contribution in [1.29, 1.82) is 5.41 Å². The van der Waals surface area contributed by atoms with Crippen molar-refractivity contribution in [2.45, 2.75) is 19.8 Å². The van der Waals surface area contributed by atoms with Gasteiger partial charge in [-0.25, -0.2) is 4.39 Å². The molecule has 4 N–H and O–H groups in total. The lowest BCUT2D eigenvalue weighted by Crippen LogP contribution is -2.22. The van der Waals surface area contributed by atoms with Crippen LogP contribution in [0.3, 0.4) is 0 Å². The van der Waals surface area contributed by atoms with Crippen molar-refractivity contribution in [1.82, 2.24) is 0 Å². The number of anilines is 2. The summed E-state index contributed by atoms with van der Waals surface area (Å²) in [6.45, 7) is 11.1. The van der Waals surface area contributed by atoms with E-state index >= 15 is 0 Å². The minimum atomic E-state index is -0.197. The Morgan fingerprint density at radius 3 is 2.48 bits per heavy atom. The second-order valence-corrected chi connectivity index (χ2v) is 7.34. The molecule has 0 spiro atoms. The third kappa shape index (κ3) is 6.21. The summed E-state index contributed by atoms with van der Waals surface area (Å²) in [5, 5.41) is 10.8. The van der Waals surface area contributed by atoms with Gasteiger partial charge in [0, 0.05) is 36.5 Å². The highest BCUT2D eigenvalue weighted by Crippen LogP contribution is 2.27. The number of hydrogen-bond acceptors (Lipinski definition) is 3. The van der Waals surface area contributed by atoms with Crippen molar-refractivity contribution in [2.75, 3.05) is 23.8 Å². The van der Waals surface area contributed by atoms with Gasteiger partial charge in [-0.05, 0) is 55.2 Å². The zero-order valence-electron chi connectivity index (χ0n) is 17.3. The summed E-state index contributed by atoms with van der Waals surface area (Å²) in [6, 6.07) is 14.2. The van der Waals surface area contributed by atoms with E-state index in [9.17, 15) is 4.39 Å². The van der Waals surface area contributed by atoms with Gasteiger partial charge in [-0.2, -0.15) is 0 Å².